The lowest BCUT2D eigenvalue weighted by molar-refractivity contribution is 1.19. The van der Waals surface area contributed by atoms with E-state index in [1.54, 1.807) is 11.3 Å². The summed E-state index contributed by atoms with van der Waals surface area (Å²) in [5.41, 5.74) is 7.72. The van der Waals surface area contributed by atoms with Crippen LogP contribution < -0.4 is 11.1 Å². The van der Waals surface area contributed by atoms with Gasteiger partial charge in [-0.25, -0.2) is 4.98 Å². The van der Waals surface area contributed by atoms with Gasteiger partial charge in [-0.15, -0.1) is 11.3 Å². The van der Waals surface area contributed by atoms with Crippen LogP contribution in [-0.2, 0) is 6.42 Å². The van der Waals surface area contributed by atoms with Crippen LogP contribution in [-0.4, -0.2) is 9.97 Å². The van der Waals surface area contributed by atoms with Gasteiger partial charge in [-0.05, 0) is 37.1 Å². The summed E-state index contributed by atoms with van der Waals surface area (Å²) in [6.07, 6.45) is 0.969. The van der Waals surface area contributed by atoms with E-state index >= 15 is 0 Å². The molecular formula is C15H15ClN4S. The number of nitrogens with zero attached hydrogens (tertiary/aromatic N) is 2. The van der Waals surface area contributed by atoms with Crippen molar-refractivity contribution in [2.75, 3.05) is 11.1 Å². The molecule has 0 fully saturated rings. The number of nitrogens with one attached hydrogen (secondary N) is 1. The fraction of sp³-hybridized carbons (Fsp3) is 0.200. The van der Waals surface area contributed by atoms with Crippen molar-refractivity contribution in [1.82, 2.24) is 9.97 Å². The van der Waals surface area contributed by atoms with Gasteiger partial charge in [0, 0.05) is 15.6 Å². The Morgan fingerprint density at radius 3 is 2.90 bits per heavy atom. The molecule has 2 aromatic heterocycles. The minimum atomic E-state index is 0.272. The van der Waals surface area contributed by atoms with Crippen molar-refractivity contribution in [1.29, 1.82) is 0 Å². The molecule has 1 aromatic carbocycles. The monoisotopic (exact) mass is 318 g/mol. The summed E-state index contributed by atoms with van der Waals surface area (Å²) in [7, 11) is 0. The van der Waals surface area contributed by atoms with Gasteiger partial charge >= 0.3 is 0 Å². The molecule has 2 heterocycles. The fourth-order valence-electron chi connectivity index (χ4n) is 2.13. The molecule has 0 saturated heterocycles. The number of fused-ring (bicyclic) bond motifs is 1. The van der Waals surface area contributed by atoms with Gasteiger partial charge in [-0.1, -0.05) is 24.6 Å². The predicted octanol–water partition coefficient (Wildman–Crippen LogP) is 4.54. The van der Waals surface area contributed by atoms with Crippen molar-refractivity contribution in [3.63, 3.8) is 0 Å². The number of nitrogen functional groups attached to an aromatic ring is 1. The number of rotatable bonds is 3. The van der Waals surface area contributed by atoms with Gasteiger partial charge in [-0.3, -0.25) is 0 Å². The highest BCUT2D eigenvalue weighted by Gasteiger charge is 2.12. The van der Waals surface area contributed by atoms with Gasteiger partial charge in [0.25, 0.3) is 0 Å². The Hall–Kier alpha value is -1.85. The summed E-state index contributed by atoms with van der Waals surface area (Å²) in [5, 5.41) is 5.04. The highest BCUT2D eigenvalue weighted by Crippen LogP contribution is 2.33. The van der Waals surface area contributed by atoms with Crippen molar-refractivity contribution in [3.8, 4) is 0 Å². The first-order valence-electron chi connectivity index (χ1n) is 6.66. The molecule has 0 aliphatic heterocycles. The van der Waals surface area contributed by atoms with Crippen LogP contribution >= 0.6 is 22.9 Å². The Labute approximate surface area is 132 Å². The van der Waals surface area contributed by atoms with Crippen molar-refractivity contribution < 1.29 is 0 Å². The summed E-state index contributed by atoms with van der Waals surface area (Å²) in [6, 6.07) is 7.86. The summed E-state index contributed by atoms with van der Waals surface area (Å²) in [6.45, 7) is 4.09. The average Bonchev–Trinajstić information content (AvgIpc) is 2.87. The zero-order valence-corrected chi connectivity index (χ0v) is 13.3. The Morgan fingerprint density at radius 2 is 2.14 bits per heavy atom. The third-order valence-corrected chi connectivity index (χ3v) is 4.91. The van der Waals surface area contributed by atoms with Crippen LogP contribution in [0.5, 0.6) is 0 Å². The highest BCUT2D eigenvalue weighted by molar-refractivity contribution is 7.18. The topological polar surface area (TPSA) is 63.8 Å². The molecule has 6 heteroatoms. The van der Waals surface area contributed by atoms with E-state index in [1.165, 1.54) is 4.88 Å². The molecule has 0 bridgehead atoms. The van der Waals surface area contributed by atoms with Crippen LogP contribution in [0.25, 0.3) is 10.2 Å². The van der Waals surface area contributed by atoms with Gasteiger partial charge < -0.3 is 11.1 Å². The molecule has 21 heavy (non-hydrogen) atoms. The maximum Gasteiger partial charge on any atom is 0.223 e. The largest absolute Gasteiger partial charge is 0.368 e. The zero-order valence-electron chi connectivity index (χ0n) is 11.8. The molecule has 108 valence electrons. The van der Waals surface area contributed by atoms with Crippen LogP contribution in [0.4, 0.5) is 17.5 Å². The second kappa shape index (κ2) is 5.50. The molecule has 0 aliphatic carbocycles. The lowest BCUT2D eigenvalue weighted by atomic mass is 10.2. The number of thiophene rings is 1. The quantitative estimate of drug-likeness (QED) is 0.744. The molecule has 0 radical (unpaired) electrons. The number of hydrogen-bond donors (Lipinski definition) is 2. The molecule has 0 atom stereocenters. The van der Waals surface area contributed by atoms with E-state index < -0.39 is 0 Å². The van der Waals surface area contributed by atoms with Crippen LogP contribution in [0.15, 0.2) is 24.3 Å². The van der Waals surface area contributed by atoms with Crippen LogP contribution in [0.3, 0.4) is 0 Å². The Kier molecular flexibility index (Phi) is 3.69. The lowest BCUT2D eigenvalue weighted by Gasteiger charge is -2.11. The number of aryl methyl sites for hydroxylation is 1. The molecule has 4 nitrogen and oxygen atoms in total. The van der Waals surface area contributed by atoms with E-state index in [2.05, 4.69) is 28.3 Å². The number of hydrogen-bond acceptors (Lipinski definition) is 5. The second-order valence-electron chi connectivity index (χ2n) is 4.75. The number of anilines is 3. The van der Waals surface area contributed by atoms with E-state index in [0.29, 0.717) is 0 Å². The van der Waals surface area contributed by atoms with Gasteiger partial charge in [0.1, 0.15) is 10.6 Å². The average molecular weight is 319 g/mol. The van der Waals surface area contributed by atoms with Gasteiger partial charge in [0.2, 0.25) is 5.95 Å². The minimum absolute atomic E-state index is 0.272. The normalized spacial score (nSPS) is 11.0. The first-order chi connectivity index (χ1) is 10.1. The Bertz CT molecular complexity index is 813. The summed E-state index contributed by atoms with van der Waals surface area (Å²) >= 11 is 7.81. The van der Waals surface area contributed by atoms with E-state index in [4.69, 9.17) is 17.3 Å². The molecule has 3 N–H and O–H groups in total. The first kappa shape index (κ1) is 14.1. The number of benzene rings is 1. The number of halogens is 1. The van der Waals surface area contributed by atoms with E-state index in [-0.39, 0.29) is 5.95 Å². The second-order valence-corrected chi connectivity index (χ2v) is 6.28. The van der Waals surface area contributed by atoms with E-state index in [9.17, 15) is 0 Å². The van der Waals surface area contributed by atoms with Crippen molar-refractivity contribution in [2.24, 2.45) is 0 Å². The molecule has 0 saturated carbocycles. The fourth-order valence-corrected chi connectivity index (χ4v) is 3.28. The maximum absolute atomic E-state index is 6.16. The van der Waals surface area contributed by atoms with Gasteiger partial charge in [0.15, 0.2) is 0 Å². The summed E-state index contributed by atoms with van der Waals surface area (Å²) in [5.74, 6) is 0.994. The van der Waals surface area contributed by atoms with Crippen molar-refractivity contribution in [3.05, 3.63) is 39.7 Å². The van der Waals surface area contributed by atoms with E-state index in [0.717, 1.165) is 38.7 Å². The SMILES string of the molecule is CCc1cc2c(Nc3cccc(Cl)c3C)nc(N)nc2s1. The highest BCUT2D eigenvalue weighted by atomic mass is 35.5. The smallest absolute Gasteiger partial charge is 0.223 e. The Morgan fingerprint density at radius 1 is 1.33 bits per heavy atom. The van der Waals surface area contributed by atoms with Gasteiger partial charge in [0.05, 0.1) is 5.39 Å². The molecule has 0 aliphatic rings. The number of aromatic nitrogens is 2. The lowest BCUT2D eigenvalue weighted by Crippen LogP contribution is -2.01. The Balaban J connectivity index is 2.11. The molecular weight excluding hydrogens is 304 g/mol. The van der Waals surface area contributed by atoms with Crippen LogP contribution in [0, 0.1) is 6.92 Å². The molecule has 0 spiro atoms. The molecule has 3 aromatic rings. The van der Waals surface area contributed by atoms with Crippen molar-refractivity contribution in [2.45, 2.75) is 20.3 Å². The first-order valence-corrected chi connectivity index (χ1v) is 7.86. The zero-order chi connectivity index (χ0) is 15.0. The molecule has 3 rings (SSSR count). The van der Waals surface area contributed by atoms with Crippen LogP contribution in [0.2, 0.25) is 5.02 Å². The third kappa shape index (κ3) is 2.66. The summed E-state index contributed by atoms with van der Waals surface area (Å²) < 4.78 is 0. The maximum atomic E-state index is 6.16. The molecule has 0 amide bonds. The van der Waals surface area contributed by atoms with Crippen LogP contribution in [0.1, 0.15) is 17.4 Å². The van der Waals surface area contributed by atoms with Crippen molar-refractivity contribution >= 4 is 50.6 Å². The van der Waals surface area contributed by atoms with E-state index in [1.807, 2.05) is 25.1 Å². The standard InChI is InChI=1S/C15H15ClN4S/c1-3-9-7-10-13(19-15(17)20-14(10)21-9)18-12-6-4-5-11(16)8(12)2/h4-7H,3H2,1-2H3,(H3,17,18,19,20). The third-order valence-electron chi connectivity index (χ3n) is 3.33. The summed E-state index contributed by atoms with van der Waals surface area (Å²) in [4.78, 5) is 10.8. The number of nitrogens with two attached hydrogens (primary N) is 1. The molecule has 0 unspecified atom stereocenters. The van der Waals surface area contributed by atoms with Gasteiger partial charge in [-0.2, -0.15) is 4.98 Å². The minimum Gasteiger partial charge on any atom is -0.368 e. The predicted molar refractivity (Wildman–Crippen MR) is 90.7 cm³/mol.